The van der Waals surface area contributed by atoms with Crippen molar-refractivity contribution in [3.8, 4) is 23.8 Å². The molecule has 0 saturated heterocycles. The van der Waals surface area contributed by atoms with E-state index in [0.717, 1.165) is 18.4 Å². The molecule has 0 aliphatic carbocycles. The molecule has 11 heteroatoms. The van der Waals surface area contributed by atoms with Gasteiger partial charge in [0.05, 0.1) is 37.2 Å². The molecular weight excluding hydrogens is 489 g/mol. The van der Waals surface area contributed by atoms with Gasteiger partial charge >= 0.3 is 0 Å². The molecule has 1 atom stereocenters. The fourth-order valence-electron chi connectivity index (χ4n) is 3.63. The molecule has 0 aliphatic heterocycles. The number of aromatic nitrogens is 4. The lowest BCUT2D eigenvalue weighted by Gasteiger charge is -2.14. The van der Waals surface area contributed by atoms with Crippen molar-refractivity contribution in [2.24, 2.45) is 0 Å². The monoisotopic (exact) mass is 517 g/mol. The zero-order chi connectivity index (χ0) is 26.9. The molecule has 2 aromatic carbocycles. The predicted octanol–water partition coefficient (Wildman–Crippen LogP) is 3.74. The first kappa shape index (κ1) is 26.4. The van der Waals surface area contributed by atoms with Gasteiger partial charge in [0.2, 0.25) is 5.91 Å². The van der Waals surface area contributed by atoms with Crippen LogP contribution >= 0.6 is 0 Å². The number of halogens is 1. The Morgan fingerprint density at radius 3 is 2.87 bits per heavy atom. The molecule has 4 rings (SSSR count). The van der Waals surface area contributed by atoms with Gasteiger partial charge in [0, 0.05) is 23.3 Å². The van der Waals surface area contributed by atoms with Crippen molar-refractivity contribution in [1.82, 2.24) is 25.1 Å². The van der Waals surface area contributed by atoms with Gasteiger partial charge in [-0.1, -0.05) is 12.0 Å². The minimum Gasteiger partial charge on any atom is -0.493 e. The smallest absolute Gasteiger partial charge is 0.246 e. The quantitative estimate of drug-likeness (QED) is 0.192. The lowest BCUT2D eigenvalue weighted by Crippen LogP contribution is -2.26. The van der Waals surface area contributed by atoms with Crippen LogP contribution in [0.1, 0.15) is 13.3 Å². The van der Waals surface area contributed by atoms with Gasteiger partial charge in [-0.2, -0.15) is 5.10 Å². The molecule has 0 radical (unpaired) electrons. The summed E-state index contributed by atoms with van der Waals surface area (Å²) in [5, 5.41) is 14.0. The average Bonchev–Trinajstić information content (AvgIpc) is 3.34. The number of anilines is 3. The molecule has 2 heterocycles. The van der Waals surface area contributed by atoms with Crippen molar-refractivity contribution in [3.05, 3.63) is 60.9 Å². The number of amides is 1. The molecular formula is C27H28FN7O3. The number of rotatable bonds is 12. The van der Waals surface area contributed by atoms with E-state index >= 15 is 0 Å². The van der Waals surface area contributed by atoms with E-state index in [1.807, 2.05) is 13.0 Å². The maximum absolute atomic E-state index is 13.3. The highest BCUT2D eigenvalue weighted by molar-refractivity contribution is 5.93. The third-order valence-corrected chi connectivity index (χ3v) is 5.51. The van der Waals surface area contributed by atoms with Gasteiger partial charge in [-0.05, 0) is 44.2 Å². The van der Waals surface area contributed by atoms with E-state index in [2.05, 4.69) is 36.9 Å². The highest BCUT2D eigenvalue weighted by atomic mass is 19.1. The molecule has 4 aromatic rings. The summed E-state index contributed by atoms with van der Waals surface area (Å²) in [5.41, 5.74) is 1.66. The van der Waals surface area contributed by atoms with Gasteiger partial charge in [-0.15, -0.1) is 6.42 Å². The summed E-state index contributed by atoms with van der Waals surface area (Å²) in [6.07, 6.45) is 10.8. The molecule has 10 nitrogen and oxygen atoms in total. The molecule has 3 N–H and O–H groups in total. The second kappa shape index (κ2) is 12.5. The van der Waals surface area contributed by atoms with Gasteiger partial charge in [0.15, 0.2) is 11.5 Å². The van der Waals surface area contributed by atoms with Gasteiger partial charge in [-0.3, -0.25) is 9.48 Å². The van der Waals surface area contributed by atoms with Crippen molar-refractivity contribution in [2.45, 2.75) is 25.9 Å². The maximum Gasteiger partial charge on any atom is 0.246 e. The van der Waals surface area contributed by atoms with Crippen LogP contribution < -0.4 is 25.4 Å². The molecule has 1 amide bonds. The number of terminal acetylenes is 1. The Kier molecular flexibility index (Phi) is 8.69. The number of hydrogen-bond donors (Lipinski definition) is 3. The molecule has 0 aliphatic rings. The van der Waals surface area contributed by atoms with Crippen molar-refractivity contribution in [1.29, 1.82) is 0 Å². The first-order chi connectivity index (χ1) is 18.4. The van der Waals surface area contributed by atoms with Gasteiger partial charge in [-0.25, -0.2) is 14.4 Å². The number of ether oxygens (including phenoxy) is 2. The first-order valence-electron chi connectivity index (χ1n) is 11.9. The van der Waals surface area contributed by atoms with Crippen LogP contribution in [0, 0.1) is 18.2 Å². The third kappa shape index (κ3) is 6.96. The molecule has 0 spiro atoms. The molecule has 1 unspecified atom stereocenters. The zero-order valence-corrected chi connectivity index (χ0v) is 21.1. The summed E-state index contributed by atoms with van der Waals surface area (Å²) in [7, 11) is 1.57. The minimum atomic E-state index is -0.427. The first-order valence-corrected chi connectivity index (χ1v) is 11.9. The van der Waals surface area contributed by atoms with Crippen LogP contribution in [0.5, 0.6) is 11.5 Å². The Balaban J connectivity index is 1.41. The number of fused-ring (bicyclic) bond motifs is 1. The summed E-state index contributed by atoms with van der Waals surface area (Å²) < 4.78 is 26.3. The van der Waals surface area contributed by atoms with Gasteiger partial charge in [0.25, 0.3) is 0 Å². The van der Waals surface area contributed by atoms with Crippen molar-refractivity contribution < 1.29 is 18.7 Å². The van der Waals surface area contributed by atoms with Crippen molar-refractivity contribution in [2.75, 3.05) is 30.9 Å². The Morgan fingerprint density at radius 2 is 2.08 bits per heavy atom. The number of benzene rings is 2. The molecule has 38 heavy (non-hydrogen) atoms. The number of methoxy groups -OCH3 is 1. The van der Waals surface area contributed by atoms with Crippen LogP contribution in [0.3, 0.4) is 0 Å². The lowest BCUT2D eigenvalue weighted by molar-refractivity contribution is -0.116. The van der Waals surface area contributed by atoms with E-state index in [9.17, 15) is 9.18 Å². The minimum absolute atomic E-state index is 0.0114. The van der Waals surface area contributed by atoms with Crippen LogP contribution in [0.2, 0.25) is 0 Å². The summed E-state index contributed by atoms with van der Waals surface area (Å²) >= 11 is 0. The lowest BCUT2D eigenvalue weighted by atomic mass is 10.2. The standard InChI is InChI=1S/C27H28FN7O3/c1-4-18(2)29-9-6-10-38-25-13-23-22(12-24(25)37-3)27(31-17-30-23)34-21-14-32-35(15-21)16-26(36)33-20-8-5-7-19(28)11-20/h1,5,7-8,11-15,17-18,29H,6,9-10,16H2,2-3H3,(H,33,36)(H,30,31,34). The van der Waals surface area contributed by atoms with E-state index in [4.69, 9.17) is 15.9 Å². The number of nitrogens with zero attached hydrogens (tertiary/aromatic N) is 4. The van der Waals surface area contributed by atoms with E-state index in [1.165, 1.54) is 29.2 Å². The van der Waals surface area contributed by atoms with Crippen molar-refractivity contribution >= 4 is 34.0 Å². The van der Waals surface area contributed by atoms with E-state index < -0.39 is 5.82 Å². The third-order valence-electron chi connectivity index (χ3n) is 5.51. The van der Waals surface area contributed by atoms with Crippen LogP contribution in [0.15, 0.2) is 55.1 Å². The number of carbonyl (C=O) groups excluding carboxylic acids is 1. The Labute approximate surface area is 219 Å². The zero-order valence-electron chi connectivity index (χ0n) is 21.1. The molecule has 2 aromatic heterocycles. The summed E-state index contributed by atoms with van der Waals surface area (Å²) in [4.78, 5) is 21.0. The van der Waals surface area contributed by atoms with E-state index in [1.54, 1.807) is 31.6 Å². The molecule has 0 bridgehead atoms. The van der Waals surface area contributed by atoms with Crippen molar-refractivity contribution in [3.63, 3.8) is 0 Å². The SMILES string of the molecule is C#CC(C)NCCCOc1cc2ncnc(Nc3cnn(CC(=O)Nc4cccc(F)c4)c3)c2cc1OC. The second-order valence-corrected chi connectivity index (χ2v) is 8.40. The summed E-state index contributed by atoms with van der Waals surface area (Å²) in [6.45, 7) is 3.09. The molecule has 196 valence electrons. The Bertz CT molecular complexity index is 1450. The molecule has 0 fully saturated rings. The second-order valence-electron chi connectivity index (χ2n) is 8.40. The fourth-order valence-corrected chi connectivity index (χ4v) is 3.63. The summed E-state index contributed by atoms with van der Waals surface area (Å²) in [6, 6.07) is 9.32. The average molecular weight is 518 g/mol. The number of hydrogen-bond acceptors (Lipinski definition) is 8. The Morgan fingerprint density at radius 1 is 1.21 bits per heavy atom. The van der Waals surface area contributed by atoms with Gasteiger partial charge < -0.3 is 25.4 Å². The number of nitrogens with one attached hydrogen (secondary N) is 3. The fraction of sp³-hybridized carbons (Fsp3) is 0.259. The van der Waals surface area contributed by atoms with E-state index in [0.29, 0.717) is 40.8 Å². The van der Waals surface area contributed by atoms with E-state index in [-0.39, 0.29) is 18.5 Å². The van der Waals surface area contributed by atoms with Crippen LogP contribution in [-0.2, 0) is 11.3 Å². The Hall–Kier alpha value is -4.69. The molecule has 0 saturated carbocycles. The van der Waals surface area contributed by atoms with Crippen LogP contribution in [0.25, 0.3) is 10.9 Å². The maximum atomic E-state index is 13.3. The highest BCUT2D eigenvalue weighted by Crippen LogP contribution is 2.34. The topological polar surface area (TPSA) is 115 Å². The van der Waals surface area contributed by atoms with Crippen LogP contribution in [0.4, 0.5) is 21.6 Å². The predicted molar refractivity (Wildman–Crippen MR) is 143 cm³/mol. The van der Waals surface area contributed by atoms with Gasteiger partial charge in [0.1, 0.15) is 24.5 Å². The summed E-state index contributed by atoms with van der Waals surface area (Å²) in [5.74, 6) is 3.52. The largest absolute Gasteiger partial charge is 0.493 e. The number of carbonyl (C=O) groups is 1. The highest BCUT2D eigenvalue weighted by Gasteiger charge is 2.13. The van der Waals surface area contributed by atoms with Crippen LogP contribution in [-0.4, -0.2) is 52.0 Å². The normalized spacial score (nSPS) is 11.5.